The van der Waals surface area contributed by atoms with E-state index in [2.05, 4.69) is 17.6 Å². The quantitative estimate of drug-likeness (QED) is 0.239. The molecule has 0 unspecified atom stereocenters. The molecule has 1 saturated carbocycles. The Balaban J connectivity index is 1.35. The largest absolute Gasteiger partial charge is 0.480 e. The van der Waals surface area contributed by atoms with Crippen LogP contribution in [-0.4, -0.2) is 64.9 Å². The minimum atomic E-state index is -1.14. The van der Waals surface area contributed by atoms with Crippen LogP contribution in [-0.2, 0) is 43.2 Å². The minimum absolute atomic E-state index is 0.00281. The molecule has 0 aromatic heterocycles. The molecule has 12 heteroatoms. The van der Waals surface area contributed by atoms with Gasteiger partial charge in [0.2, 0.25) is 23.9 Å². The lowest BCUT2D eigenvalue weighted by Crippen LogP contribution is -2.70. The van der Waals surface area contributed by atoms with Crippen LogP contribution in [0.4, 0.5) is 0 Å². The molecule has 5 rings (SSSR count). The van der Waals surface area contributed by atoms with E-state index in [0.29, 0.717) is 18.8 Å². The standard InChI is InChI=1S/C30H48N2O10/c1-15(2)14-21(25(35)32-24(16(3)4)26(36)37)31-22(33)10-11-23(34)38-27-18(6)20-9-8-17(5)19-12-13-29(7)40-28(39-27)30(19,20)42-41-29/h15-21,24,27-28H,8-14H2,1-7H3,(H,31,33)(H,32,35)(H,36,37)/t17-,18+,19+,20-,21+,24+,27-,28+,29-,30-/m1/s1. The number of carbonyl (C=O) groups excluding carboxylic acids is 3. The number of ether oxygens (including phenoxy) is 3. The van der Waals surface area contributed by atoms with Crippen molar-refractivity contribution in [2.45, 2.75) is 129 Å². The summed E-state index contributed by atoms with van der Waals surface area (Å²) in [5.41, 5.74) is -0.767. The van der Waals surface area contributed by atoms with Crippen LogP contribution in [0.3, 0.4) is 0 Å². The van der Waals surface area contributed by atoms with Crippen LogP contribution in [0.25, 0.3) is 0 Å². The maximum atomic E-state index is 12.9. The summed E-state index contributed by atoms with van der Waals surface area (Å²) in [4.78, 5) is 62.0. The number of hydrogen-bond donors (Lipinski definition) is 3. The zero-order chi connectivity index (χ0) is 31.0. The highest BCUT2D eigenvalue weighted by Crippen LogP contribution is 2.60. The van der Waals surface area contributed by atoms with E-state index in [1.165, 1.54) is 0 Å². The average Bonchev–Trinajstić information content (AvgIpc) is 3.13. The third-order valence-electron chi connectivity index (χ3n) is 9.49. The molecule has 5 fully saturated rings. The topological polar surface area (TPSA) is 159 Å². The number of esters is 1. The normalized spacial score (nSPS) is 36.9. The maximum Gasteiger partial charge on any atom is 0.326 e. The Morgan fingerprint density at radius 3 is 2.33 bits per heavy atom. The van der Waals surface area contributed by atoms with Crippen LogP contribution < -0.4 is 10.6 Å². The number of carboxylic acids is 1. The first-order valence-electron chi connectivity index (χ1n) is 15.4. The molecule has 0 aromatic rings. The first-order valence-corrected chi connectivity index (χ1v) is 15.4. The van der Waals surface area contributed by atoms with Gasteiger partial charge < -0.3 is 30.0 Å². The third-order valence-corrected chi connectivity index (χ3v) is 9.49. The summed E-state index contributed by atoms with van der Waals surface area (Å²) in [6, 6.07) is -2.01. The van der Waals surface area contributed by atoms with Gasteiger partial charge in [-0.15, -0.1) is 0 Å². The van der Waals surface area contributed by atoms with Crippen LogP contribution in [0.2, 0.25) is 0 Å². The molecule has 4 aliphatic heterocycles. The van der Waals surface area contributed by atoms with Gasteiger partial charge in [-0.3, -0.25) is 14.4 Å². The summed E-state index contributed by atoms with van der Waals surface area (Å²) in [7, 11) is 0. The number of amides is 2. The van der Waals surface area contributed by atoms with Crippen molar-refractivity contribution >= 4 is 23.8 Å². The Labute approximate surface area is 247 Å². The molecule has 3 N–H and O–H groups in total. The second-order valence-corrected chi connectivity index (χ2v) is 13.6. The van der Waals surface area contributed by atoms with E-state index in [9.17, 15) is 24.3 Å². The van der Waals surface area contributed by atoms with Crippen molar-refractivity contribution in [2.24, 2.45) is 35.5 Å². The number of carbonyl (C=O) groups is 4. The first-order chi connectivity index (χ1) is 19.7. The number of fused-ring (bicyclic) bond motifs is 2. The van der Waals surface area contributed by atoms with E-state index in [-0.39, 0.29) is 42.4 Å². The average molecular weight is 597 g/mol. The molecule has 0 aromatic carbocycles. The van der Waals surface area contributed by atoms with E-state index in [4.69, 9.17) is 24.0 Å². The van der Waals surface area contributed by atoms with Gasteiger partial charge in [0.15, 0.2) is 11.9 Å². The molecule has 5 aliphatic rings. The van der Waals surface area contributed by atoms with Crippen molar-refractivity contribution in [2.75, 3.05) is 0 Å². The summed E-state index contributed by atoms with van der Waals surface area (Å²) in [6.45, 7) is 13.2. The molecule has 12 nitrogen and oxygen atoms in total. The third kappa shape index (κ3) is 6.61. The maximum absolute atomic E-state index is 12.9. The van der Waals surface area contributed by atoms with Crippen LogP contribution >= 0.6 is 0 Å². The van der Waals surface area contributed by atoms with E-state index in [0.717, 1.165) is 19.3 Å². The van der Waals surface area contributed by atoms with Crippen molar-refractivity contribution in [3.63, 3.8) is 0 Å². The Morgan fingerprint density at radius 1 is 0.976 bits per heavy atom. The van der Waals surface area contributed by atoms with Gasteiger partial charge in [-0.25, -0.2) is 14.6 Å². The molecule has 42 heavy (non-hydrogen) atoms. The SMILES string of the molecule is CC(C)C[C@H](NC(=O)CCC(=O)O[C@@H]1O[C@H]2O[C@@]3(C)CC[C@H]4[C@H](C)CC[C@H]([C@@H]1C)[C@@]24OO3)C(=O)N[C@H](C(=O)O)C(C)C. The van der Waals surface area contributed by atoms with Crippen LogP contribution in [0.5, 0.6) is 0 Å². The molecule has 0 radical (unpaired) electrons. The highest BCUT2D eigenvalue weighted by atomic mass is 17.3. The summed E-state index contributed by atoms with van der Waals surface area (Å²) in [5.74, 6) is -3.63. The number of nitrogens with one attached hydrogen (secondary N) is 2. The van der Waals surface area contributed by atoms with Gasteiger partial charge in [-0.05, 0) is 56.3 Å². The molecule has 2 amide bonds. The fourth-order valence-electron chi connectivity index (χ4n) is 7.15. The van der Waals surface area contributed by atoms with Gasteiger partial charge in [-0.1, -0.05) is 41.5 Å². The van der Waals surface area contributed by atoms with Crippen molar-refractivity contribution in [1.82, 2.24) is 10.6 Å². The Kier molecular flexibility index (Phi) is 9.91. The fourth-order valence-corrected chi connectivity index (χ4v) is 7.15. The molecule has 1 spiro atoms. The van der Waals surface area contributed by atoms with Crippen LogP contribution in [0.1, 0.15) is 93.4 Å². The first kappa shape index (κ1) is 32.6. The molecule has 10 atom stereocenters. The molecule has 4 saturated heterocycles. The lowest BCUT2D eigenvalue weighted by Gasteiger charge is -2.59. The summed E-state index contributed by atoms with van der Waals surface area (Å²) < 4.78 is 18.3. The van der Waals surface area contributed by atoms with E-state index in [1.807, 2.05) is 27.7 Å². The zero-order valence-electron chi connectivity index (χ0n) is 25.8. The van der Waals surface area contributed by atoms with E-state index >= 15 is 0 Å². The molecule has 1 aliphatic carbocycles. The van der Waals surface area contributed by atoms with Gasteiger partial charge in [0, 0.05) is 24.7 Å². The van der Waals surface area contributed by atoms with Crippen molar-refractivity contribution in [3.05, 3.63) is 0 Å². The number of hydrogen-bond acceptors (Lipinski definition) is 9. The van der Waals surface area contributed by atoms with Crippen molar-refractivity contribution in [1.29, 1.82) is 0 Å². The highest BCUT2D eigenvalue weighted by molar-refractivity contribution is 5.91. The Hall–Kier alpha value is -2.28. The lowest BCUT2D eigenvalue weighted by molar-refractivity contribution is -0.576. The smallest absolute Gasteiger partial charge is 0.326 e. The zero-order valence-corrected chi connectivity index (χ0v) is 25.8. The Bertz CT molecular complexity index is 1040. The predicted octanol–water partition coefficient (Wildman–Crippen LogP) is 3.27. The fraction of sp³-hybridized carbons (Fsp3) is 0.867. The van der Waals surface area contributed by atoms with E-state index < -0.39 is 59.8 Å². The molecule has 2 bridgehead atoms. The second kappa shape index (κ2) is 12.8. The lowest BCUT2D eigenvalue weighted by atomic mass is 9.58. The van der Waals surface area contributed by atoms with Gasteiger partial charge in [0.1, 0.15) is 12.1 Å². The monoisotopic (exact) mass is 596 g/mol. The Morgan fingerprint density at radius 2 is 1.69 bits per heavy atom. The van der Waals surface area contributed by atoms with Crippen molar-refractivity contribution in [3.8, 4) is 0 Å². The minimum Gasteiger partial charge on any atom is -0.480 e. The van der Waals surface area contributed by atoms with Gasteiger partial charge in [0.05, 0.1) is 6.42 Å². The number of carboxylic acid groups (broad SMARTS) is 1. The van der Waals surface area contributed by atoms with Gasteiger partial charge >= 0.3 is 11.9 Å². The summed E-state index contributed by atoms with van der Waals surface area (Å²) in [6.07, 6.45) is 1.73. The van der Waals surface area contributed by atoms with Gasteiger partial charge in [0.25, 0.3) is 0 Å². The summed E-state index contributed by atoms with van der Waals surface area (Å²) >= 11 is 0. The predicted molar refractivity (Wildman–Crippen MR) is 148 cm³/mol. The molecular weight excluding hydrogens is 548 g/mol. The number of rotatable bonds is 11. The van der Waals surface area contributed by atoms with Crippen LogP contribution in [0, 0.1) is 35.5 Å². The number of aliphatic carboxylic acids is 1. The molecule has 238 valence electrons. The van der Waals surface area contributed by atoms with Crippen molar-refractivity contribution < 1.29 is 48.3 Å². The van der Waals surface area contributed by atoms with E-state index in [1.54, 1.807) is 13.8 Å². The van der Waals surface area contributed by atoms with Gasteiger partial charge in [-0.2, -0.15) is 0 Å². The molecular formula is C30H48N2O10. The highest BCUT2D eigenvalue weighted by Gasteiger charge is 2.69. The molecule has 4 heterocycles. The van der Waals surface area contributed by atoms with Crippen LogP contribution in [0.15, 0.2) is 0 Å². The second-order valence-electron chi connectivity index (χ2n) is 13.6. The summed E-state index contributed by atoms with van der Waals surface area (Å²) in [5, 5.41) is 14.6.